The highest BCUT2D eigenvalue weighted by atomic mass is 35.5. The van der Waals surface area contributed by atoms with Gasteiger partial charge in [-0.2, -0.15) is 5.10 Å². The van der Waals surface area contributed by atoms with Gasteiger partial charge in [0.15, 0.2) is 5.65 Å². The van der Waals surface area contributed by atoms with Crippen LogP contribution in [0.4, 0.5) is 5.69 Å². The van der Waals surface area contributed by atoms with Crippen LogP contribution in [0.3, 0.4) is 0 Å². The lowest BCUT2D eigenvalue weighted by Gasteiger charge is -2.19. The van der Waals surface area contributed by atoms with Crippen LogP contribution in [0.1, 0.15) is 54.5 Å². The predicted molar refractivity (Wildman–Crippen MR) is 115 cm³/mol. The number of amides is 2. The Bertz CT molecular complexity index is 1060. The molecule has 29 heavy (non-hydrogen) atoms. The second-order valence-corrected chi connectivity index (χ2v) is 7.35. The second kappa shape index (κ2) is 8.61. The second-order valence-electron chi connectivity index (χ2n) is 6.95. The highest BCUT2D eigenvalue weighted by molar-refractivity contribution is 6.34. The smallest absolute Gasteiger partial charge is 0.257 e. The van der Waals surface area contributed by atoms with E-state index in [9.17, 15) is 9.59 Å². The quantitative estimate of drug-likeness (QED) is 0.649. The zero-order chi connectivity index (χ0) is 21.1. The first-order valence-corrected chi connectivity index (χ1v) is 9.96. The molecule has 0 radical (unpaired) electrons. The van der Waals surface area contributed by atoms with Crippen LogP contribution in [0.5, 0.6) is 0 Å². The number of rotatable bonds is 6. The Morgan fingerprint density at radius 3 is 2.52 bits per heavy atom. The van der Waals surface area contributed by atoms with Gasteiger partial charge in [-0.15, -0.1) is 0 Å². The number of aromatic nitrogens is 3. The van der Waals surface area contributed by atoms with E-state index in [0.717, 1.165) is 11.0 Å². The summed E-state index contributed by atoms with van der Waals surface area (Å²) in [5.41, 5.74) is 2.07. The standard InChI is InChI=1S/C21H24ClN5O2/c1-5-26(6-2)21(29)17-8-7-16(10-18(17)22)25-20(28)15-9-14-12-24-27(13(3)4)19(14)23-11-15/h7-13H,5-6H2,1-4H3,(H,25,28). The number of pyridine rings is 1. The van der Waals surface area contributed by atoms with Crippen LogP contribution in [-0.4, -0.2) is 44.6 Å². The van der Waals surface area contributed by atoms with Crippen LogP contribution in [0.15, 0.2) is 36.7 Å². The minimum absolute atomic E-state index is 0.130. The van der Waals surface area contributed by atoms with Crippen molar-refractivity contribution in [3.05, 3.63) is 52.8 Å². The van der Waals surface area contributed by atoms with Crippen LogP contribution in [0.25, 0.3) is 11.0 Å². The Labute approximate surface area is 174 Å². The molecule has 0 aliphatic rings. The van der Waals surface area contributed by atoms with E-state index in [2.05, 4.69) is 15.4 Å². The predicted octanol–water partition coefficient (Wildman–Crippen LogP) is 4.40. The maximum absolute atomic E-state index is 12.6. The highest BCUT2D eigenvalue weighted by Gasteiger charge is 2.17. The van der Waals surface area contributed by atoms with Crippen LogP contribution < -0.4 is 5.32 Å². The summed E-state index contributed by atoms with van der Waals surface area (Å²) in [6.07, 6.45) is 3.22. The number of benzene rings is 1. The van der Waals surface area contributed by atoms with Crippen molar-refractivity contribution in [3.8, 4) is 0 Å². The Balaban J connectivity index is 1.79. The van der Waals surface area contributed by atoms with Gasteiger partial charge in [-0.05, 0) is 52.0 Å². The van der Waals surface area contributed by atoms with E-state index in [-0.39, 0.29) is 17.9 Å². The molecule has 2 aromatic heterocycles. The molecule has 3 rings (SSSR count). The molecule has 0 unspecified atom stereocenters. The molecule has 8 heteroatoms. The summed E-state index contributed by atoms with van der Waals surface area (Å²) in [6.45, 7) is 9.08. The third-order valence-corrected chi connectivity index (χ3v) is 5.01. The van der Waals surface area contributed by atoms with Crippen molar-refractivity contribution in [2.75, 3.05) is 18.4 Å². The number of nitrogens with one attached hydrogen (secondary N) is 1. The number of carbonyl (C=O) groups excluding carboxylic acids is 2. The van der Waals surface area contributed by atoms with E-state index in [0.29, 0.717) is 34.9 Å². The van der Waals surface area contributed by atoms with Gasteiger partial charge in [0, 0.05) is 36.4 Å². The maximum atomic E-state index is 12.6. The van der Waals surface area contributed by atoms with E-state index >= 15 is 0 Å². The topological polar surface area (TPSA) is 80.1 Å². The molecule has 3 aromatic rings. The third-order valence-electron chi connectivity index (χ3n) is 4.69. The minimum Gasteiger partial charge on any atom is -0.339 e. The van der Waals surface area contributed by atoms with Gasteiger partial charge in [-0.3, -0.25) is 9.59 Å². The van der Waals surface area contributed by atoms with Crippen molar-refractivity contribution in [1.82, 2.24) is 19.7 Å². The van der Waals surface area contributed by atoms with Crippen molar-refractivity contribution in [2.45, 2.75) is 33.7 Å². The molecule has 1 aromatic carbocycles. The summed E-state index contributed by atoms with van der Waals surface area (Å²) in [5, 5.41) is 8.21. The van der Waals surface area contributed by atoms with Gasteiger partial charge >= 0.3 is 0 Å². The van der Waals surface area contributed by atoms with E-state index in [1.54, 1.807) is 35.4 Å². The summed E-state index contributed by atoms with van der Waals surface area (Å²) in [6, 6.07) is 6.82. The number of nitrogens with zero attached hydrogens (tertiary/aromatic N) is 4. The third kappa shape index (κ3) is 4.24. The van der Waals surface area contributed by atoms with Gasteiger partial charge in [0.1, 0.15) is 0 Å². The fourth-order valence-corrected chi connectivity index (χ4v) is 3.35. The van der Waals surface area contributed by atoms with E-state index in [1.807, 2.05) is 32.4 Å². The largest absolute Gasteiger partial charge is 0.339 e. The highest BCUT2D eigenvalue weighted by Crippen LogP contribution is 2.23. The fraction of sp³-hybridized carbons (Fsp3) is 0.333. The zero-order valence-corrected chi connectivity index (χ0v) is 17.7. The summed E-state index contributed by atoms with van der Waals surface area (Å²) in [5.74, 6) is -0.440. The first kappa shape index (κ1) is 20.8. The molecule has 0 saturated heterocycles. The molecule has 2 heterocycles. The number of halogens is 1. The molecule has 0 spiro atoms. The van der Waals surface area contributed by atoms with Crippen LogP contribution in [0, 0.1) is 0 Å². The van der Waals surface area contributed by atoms with Gasteiger partial charge in [0.05, 0.1) is 22.3 Å². The van der Waals surface area contributed by atoms with Crippen LogP contribution >= 0.6 is 11.6 Å². The lowest BCUT2D eigenvalue weighted by molar-refractivity contribution is 0.0773. The fourth-order valence-electron chi connectivity index (χ4n) is 3.09. The van der Waals surface area contributed by atoms with Crippen LogP contribution in [-0.2, 0) is 0 Å². The molecule has 0 fully saturated rings. The Hall–Kier alpha value is -2.93. The molecule has 2 amide bonds. The zero-order valence-electron chi connectivity index (χ0n) is 16.9. The van der Waals surface area contributed by atoms with Gasteiger partial charge in [-0.1, -0.05) is 11.6 Å². The summed E-state index contributed by atoms with van der Waals surface area (Å²) in [4.78, 5) is 31.2. The Morgan fingerprint density at radius 1 is 1.17 bits per heavy atom. The SMILES string of the molecule is CCN(CC)C(=O)c1ccc(NC(=O)c2cnc3c(cnn3C(C)C)c2)cc1Cl. The molecule has 0 aliphatic heterocycles. The van der Waals surface area contributed by atoms with Crippen LogP contribution in [0.2, 0.25) is 5.02 Å². The summed E-state index contributed by atoms with van der Waals surface area (Å²) in [7, 11) is 0. The first-order chi connectivity index (χ1) is 13.8. The van der Waals surface area contributed by atoms with E-state index in [4.69, 9.17) is 11.6 Å². The van der Waals surface area contributed by atoms with E-state index in [1.165, 1.54) is 6.20 Å². The average Bonchev–Trinajstić information content (AvgIpc) is 3.12. The summed E-state index contributed by atoms with van der Waals surface area (Å²) < 4.78 is 1.81. The van der Waals surface area contributed by atoms with Crippen molar-refractivity contribution >= 4 is 40.1 Å². The number of anilines is 1. The van der Waals surface area contributed by atoms with Crippen molar-refractivity contribution < 1.29 is 9.59 Å². The first-order valence-electron chi connectivity index (χ1n) is 9.59. The molecule has 1 N–H and O–H groups in total. The molecule has 0 atom stereocenters. The summed E-state index contributed by atoms with van der Waals surface area (Å²) >= 11 is 6.30. The van der Waals surface area contributed by atoms with Gasteiger partial charge < -0.3 is 10.2 Å². The molecule has 152 valence electrons. The van der Waals surface area contributed by atoms with Crippen molar-refractivity contribution in [1.29, 1.82) is 0 Å². The van der Waals surface area contributed by atoms with Gasteiger partial charge in [0.25, 0.3) is 11.8 Å². The Morgan fingerprint density at radius 2 is 1.90 bits per heavy atom. The molecular weight excluding hydrogens is 390 g/mol. The monoisotopic (exact) mass is 413 g/mol. The van der Waals surface area contributed by atoms with E-state index < -0.39 is 0 Å². The normalized spacial score (nSPS) is 11.1. The molecule has 0 aliphatic carbocycles. The van der Waals surface area contributed by atoms with Gasteiger partial charge in [-0.25, -0.2) is 9.67 Å². The average molecular weight is 414 g/mol. The minimum atomic E-state index is -0.310. The van der Waals surface area contributed by atoms with Crippen molar-refractivity contribution in [2.24, 2.45) is 0 Å². The lowest BCUT2D eigenvalue weighted by Crippen LogP contribution is -2.30. The number of carbonyl (C=O) groups is 2. The molecule has 0 saturated carbocycles. The molecule has 0 bridgehead atoms. The Kier molecular flexibility index (Phi) is 6.17. The van der Waals surface area contributed by atoms with Crippen molar-refractivity contribution in [3.63, 3.8) is 0 Å². The number of hydrogen-bond acceptors (Lipinski definition) is 4. The molecule has 7 nitrogen and oxygen atoms in total. The van der Waals surface area contributed by atoms with Gasteiger partial charge in [0.2, 0.25) is 0 Å². The number of fused-ring (bicyclic) bond motifs is 1. The number of hydrogen-bond donors (Lipinski definition) is 1. The lowest BCUT2D eigenvalue weighted by atomic mass is 10.1. The maximum Gasteiger partial charge on any atom is 0.257 e. The molecular formula is C21H24ClN5O2.